The standard InChI is InChI=1S/C14H22N2O2/c1-10(2)8-16-14(17)9-18-13-6-4-12(5-7-13)11(3)15/h4-7,10-11H,8-9,15H2,1-3H3,(H,16,17). The highest BCUT2D eigenvalue weighted by molar-refractivity contribution is 5.77. The Morgan fingerprint density at radius 1 is 1.28 bits per heavy atom. The van der Waals surface area contributed by atoms with Gasteiger partial charge in [0.2, 0.25) is 0 Å². The van der Waals surface area contributed by atoms with E-state index in [1.165, 1.54) is 0 Å². The van der Waals surface area contributed by atoms with Crippen LogP contribution in [0.2, 0.25) is 0 Å². The molecule has 3 N–H and O–H groups in total. The third kappa shape index (κ3) is 5.19. The molecule has 0 aromatic heterocycles. The second-order valence-corrected chi connectivity index (χ2v) is 4.84. The monoisotopic (exact) mass is 250 g/mol. The lowest BCUT2D eigenvalue weighted by Gasteiger charge is -2.10. The van der Waals surface area contributed by atoms with Crippen molar-refractivity contribution in [2.45, 2.75) is 26.8 Å². The molecule has 0 heterocycles. The topological polar surface area (TPSA) is 64.3 Å². The molecule has 1 rings (SSSR count). The van der Waals surface area contributed by atoms with Crippen molar-refractivity contribution in [1.29, 1.82) is 0 Å². The van der Waals surface area contributed by atoms with Gasteiger partial charge in [-0.25, -0.2) is 0 Å². The van der Waals surface area contributed by atoms with Crippen LogP contribution >= 0.6 is 0 Å². The Labute approximate surface area is 109 Å². The molecule has 1 atom stereocenters. The van der Waals surface area contributed by atoms with Crippen molar-refractivity contribution in [3.63, 3.8) is 0 Å². The summed E-state index contributed by atoms with van der Waals surface area (Å²) in [6.07, 6.45) is 0. The predicted octanol–water partition coefficient (Wildman–Crippen LogP) is 1.86. The molecular formula is C14H22N2O2. The van der Waals surface area contributed by atoms with Gasteiger partial charge < -0.3 is 15.8 Å². The summed E-state index contributed by atoms with van der Waals surface area (Å²) >= 11 is 0. The number of rotatable bonds is 6. The van der Waals surface area contributed by atoms with Crippen molar-refractivity contribution in [2.24, 2.45) is 11.7 Å². The number of carbonyl (C=O) groups excluding carboxylic acids is 1. The average Bonchev–Trinajstić information content (AvgIpc) is 2.34. The molecule has 0 bridgehead atoms. The number of hydrogen-bond acceptors (Lipinski definition) is 3. The summed E-state index contributed by atoms with van der Waals surface area (Å²) in [4.78, 5) is 11.4. The summed E-state index contributed by atoms with van der Waals surface area (Å²) < 4.78 is 5.38. The fraction of sp³-hybridized carbons (Fsp3) is 0.500. The number of nitrogens with one attached hydrogen (secondary N) is 1. The molecule has 1 unspecified atom stereocenters. The molecule has 0 spiro atoms. The van der Waals surface area contributed by atoms with Gasteiger partial charge in [0.15, 0.2) is 6.61 Å². The van der Waals surface area contributed by atoms with E-state index in [1.54, 1.807) is 0 Å². The zero-order valence-corrected chi connectivity index (χ0v) is 11.3. The summed E-state index contributed by atoms with van der Waals surface area (Å²) in [5.74, 6) is 1.03. The lowest BCUT2D eigenvalue weighted by Crippen LogP contribution is -2.31. The van der Waals surface area contributed by atoms with E-state index in [0.717, 1.165) is 5.56 Å². The highest BCUT2D eigenvalue weighted by Crippen LogP contribution is 2.15. The Kier molecular flexibility index (Phi) is 5.65. The summed E-state index contributed by atoms with van der Waals surface area (Å²) in [7, 11) is 0. The molecule has 0 fully saturated rings. The van der Waals surface area contributed by atoms with E-state index in [1.807, 2.05) is 45.0 Å². The van der Waals surface area contributed by atoms with Crippen LogP contribution in [-0.2, 0) is 4.79 Å². The summed E-state index contributed by atoms with van der Waals surface area (Å²) in [5, 5.41) is 2.80. The Morgan fingerprint density at radius 3 is 2.39 bits per heavy atom. The predicted molar refractivity (Wildman–Crippen MR) is 72.4 cm³/mol. The van der Waals surface area contributed by atoms with E-state index in [9.17, 15) is 4.79 Å². The largest absolute Gasteiger partial charge is 0.484 e. The molecule has 0 radical (unpaired) electrons. The molecule has 0 aliphatic carbocycles. The van der Waals surface area contributed by atoms with E-state index < -0.39 is 0 Å². The van der Waals surface area contributed by atoms with E-state index in [0.29, 0.717) is 18.2 Å². The van der Waals surface area contributed by atoms with Crippen molar-refractivity contribution in [2.75, 3.05) is 13.2 Å². The third-order valence-corrected chi connectivity index (χ3v) is 2.48. The van der Waals surface area contributed by atoms with Gasteiger partial charge in [-0.1, -0.05) is 26.0 Å². The lowest BCUT2D eigenvalue weighted by atomic mass is 10.1. The molecule has 4 nitrogen and oxygen atoms in total. The Morgan fingerprint density at radius 2 is 1.89 bits per heavy atom. The first kappa shape index (κ1) is 14.5. The van der Waals surface area contributed by atoms with Crippen molar-refractivity contribution < 1.29 is 9.53 Å². The maximum atomic E-state index is 11.4. The van der Waals surface area contributed by atoms with Gasteiger partial charge in [-0.15, -0.1) is 0 Å². The molecule has 4 heteroatoms. The maximum Gasteiger partial charge on any atom is 0.257 e. The van der Waals surface area contributed by atoms with Crippen LogP contribution in [0.25, 0.3) is 0 Å². The molecule has 1 aromatic carbocycles. The molecule has 0 saturated heterocycles. The Hall–Kier alpha value is -1.55. The molecular weight excluding hydrogens is 228 g/mol. The number of amides is 1. The minimum Gasteiger partial charge on any atom is -0.484 e. The first-order valence-corrected chi connectivity index (χ1v) is 6.24. The fourth-order valence-electron chi connectivity index (χ4n) is 1.39. The van der Waals surface area contributed by atoms with Gasteiger partial charge in [0.1, 0.15) is 5.75 Å². The first-order valence-electron chi connectivity index (χ1n) is 6.24. The fourth-order valence-corrected chi connectivity index (χ4v) is 1.39. The molecule has 100 valence electrons. The Balaban J connectivity index is 2.37. The van der Waals surface area contributed by atoms with E-state index in [2.05, 4.69) is 5.32 Å². The summed E-state index contributed by atoms with van der Waals surface area (Å²) in [6, 6.07) is 7.48. The van der Waals surface area contributed by atoms with E-state index in [4.69, 9.17) is 10.5 Å². The van der Waals surface area contributed by atoms with Crippen LogP contribution < -0.4 is 15.8 Å². The smallest absolute Gasteiger partial charge is 0.257 e. The molecule has 18 heavy (non-hydrogen) atoms. The van der Waals surface area contributed by atoms with Crippen molar-refractivity contribution in [3.8, 4) is 5.75 Å². The van der Waals surface area contributed by atoms with Crippen LogP contribution in [0.15, 0.2) is 24.3 Å². The summed E-state index contributed by atoms with van der Waals surface area (Å²) in [5.41, 5.74) is 6.80. The highest BCUT2D eigenvalue weighted by atomic mass is 16.5. The number of hydrogen-bond donors (Lipinski definition) is 2. The zero-order valence-electron chi connectivity index (χ0n) is 11.3. The average molecular weight is 250 g/mol. The van der Waals surface area contributed by atoms with Crippen molar-refractivity contribution in [1.82, 2.24) is 5.32 Å². The van der Waals surface area contributed by atoms with Crippen LogP contribution in [0.1, 0.15) is 32.4 Å². The minimum atomic E-state index is -0.0973. The van der Waals surface area contributed by atoms with Crippen LogP contribution in [0, 0.1) is 5.92 Å². The molecule has 0 saturated carbocycles. The maximum absolute atomic E-state index is 11.4. The molecule has 1 amide bonds. The van der Waals surface area contributed by atoms with Crippen molar-refractivity contribution in [3.05, 3.63) is 29.8 Å². The number of ether oxygens (including phenoxy) is 1. The van der Waals surface area contributed by atoms with Gasteiger partial charge in [-0.05, 0) is 30.5 Å². The van der Waals surface area contributed by atoms with Crippen LogP contribution in [0.3, 0.4) is 0 Å². The van der Waals surface area contributed by atoms with Gasteiger partial charge in [-0.3, -0.25) is 4.79 Å². The van der Waals surface area contributed by atoms with Gasteiger partial charge in [0.25, 0.3) is 5.91 Å². The second kappa shape index (κ2) is 7.01. The van der Waals surface area contributed by atoms with Crippen LogP contribution in [0.4, 0.5) is 0 Å². The van der Waals surface area contributed by atoms with Gasteiger partial charge >= 0.3 is 0 Å². The van der Waals surface area contributed by atoms with Gasteiger partial charge in [0.05, 0.1) is 0 Å². The summed E-state index contributed by atoms with van der Waals surface area (Å²) in [6.45, 7) is 6.74. The third-order valence-electron chi connectivity index (χ3n) is 2.48. The lowest BCUT2D eigenvalue weighted by molar-refractivity contribution is -0.123. The van der Waals surface area contributed by atoms with E-state index >= 15 is 0 Å². The van der Waals surface area contributed by atoms with Crippen LogP contribution in [0.5, 0.6) is 5.75 Å². The molecule has 0 aliphatic heterocycles. The second-order valence-electron chi connectivity index (χ2n) is 4.84. The number of benzene rings is 1. The normalized spacial score (nSPS) is 12.3. The van der Waals surface area contributed by atoms with Gasteiger partial charge in [0, 0.05) is 12.6 Å². The zero-order chi connectivity index (χ0) is 13.5. The number of carbonyl (C=O) groups is 1. The minimum absolute atomic E-state index is 0.00777. The number of nitrogens with two attached hydrogens (primary N) is 1. The molecule has 1 aromatic rings. The quantitative estimate of drug-likeness (QED) is 0.810. The SMILES string of the molecule is CC(C)CNC(=O)COc1ccc(C(C)N)cc1. The highest BCUT2D eigenvalue weighted by Gasteiger charge is 2.04. The van der Waals surface area contributed by atoms with E-state index in [-0.39, 0.29) is 18.6 Å². The Bertz CT molecular complexity index is 372. The first-order chi connectivity index (χ1) is 8.49. The molecule has 0 aliphatic rings. The van der Waals surface area contributed by atoms with Crippen LogP contribution in [-0.4, -0.2) is 19.1 Å². The van der Waals surface area contributed by atoms with Crippen molar-refractivity contribution >= 4 is 5.91 Å². The van der Waals surface area contributed by atoms with Gasteiger partial charge in [-0.2, -0.15) is 0 Å².